The Morgan fingerprint density at radius 3 is 2.57 bits per heavy atom. The van der Waals surface area contributed by atoms with E-state index in [0.29, 0.717) is 12.1 Å². The van der Waals surface area contributed by atoms with Gasteiger partial charge in [0.15, 0.2) is 0 Å². The quantitative estimate of drug-likeness (QED) is 0.332. The number of piperidine rings is 1. The number of nitrogens with two attached hydrogens (primary N) is 1. The molecule has 2 unspecified atom stereocenters. The van der Waals surface area contributed by atoms with Crippen LogP contribution >= 0.6 is 0 Å². The summed E-state index contributed by atoms with van der Waals surface area (Å²) in [4.78, 5) is 17.3. The number of aliphatic imine (C=N–C) groups is 1. The summed E-state index contributed by atoms with van der Waals surface area (Å²) >= 11 is 0. The molecule has 5 heteroatoms. The molecule has 2 atom stereocenters. The minimum atomic E-state index is -0.427. The standard InChI is InChI=1S/C9H16N4O/c1-13-7-2-3-8(13)5-6(4-7)11-9(14)12-10/h7-8H,2-5,10H2,1H3,(H,12,14). The molecule has 2 fully saturated rings. The van der Waals surface area contributed by atoms with Crippen LogP contribution in [-0.2, 0) is 0 Å². The second-order valence-corrected chi connectivity index (χ2v) is 4.09. The fourth-order valence-electron chi connectivity index (χ4n) is 2.48. The molecule has 2 rings (SSSR count). The Bertz CT molecular complexity index is 260. The summed E-state index contributed by atoms with van der Waals surface area (Å²) in [7, 11) is 2.15. The summed E-state index contributed by atoms with van der Waals surface area (Å²) in [6.07, 6.45) is 4.29. The number of carbonyl (C=O) groups excluding carboxylic acids is 1. The molecular weight excluding hydrogens is 180 g/mol. The van der Waals surface area contributed by atoms with Gasteiger partial charge in [-0.15, -0.1) is 0 Å². The van der Waals surface area contributed by atoms with Gasteiger partial charge in [-0.25, -0.2) is 15.6 Å². The molecular formula is C9H16N4O. The molecule has 0 aromatic heterocycles. The van der Waals surface area contributed by atoms with E-state index in [4.69, 9.17) is 5.84 Å². The lowest BCUT2D eigenvalue weighted by Crippen LogP contribution is -2.41. The number of carbonyl (C=O) groups is 1. The van der Waals surface area contributed by atoms with Gasteiger partial charge < -0.3 is 0 Å². The summed E-state index contributed by atoms with van der Waals surface area (Å²) in [5.41, 5.74) is 3.03. The molecule has 0 saturated carbocycles. The first-order valence-corrected chi connectivity index (χ1v) is 4.99. The molecule has 0 spiro atoms. The topological polar surface area (TPSA) is 70.7 Å². The smallest absolute Gasteiger partial charge is 0.300 e. The first-order chi connectivity index (χ1) is 6.70. The fourth-order valence-corrected chi connectivity index (χ4v) is 2.48. The van der Waals surface area contributed by atoms with E-state index in [1.807, 2.05) is 5.43 Å². The minimum absolute atomic E-state index is 0.427. The third-order valence-corrected chi connectivity index (χ3v) is 3.31. The lowest BCUT2D eigenvalue weighted by molar-refractivity contribution is 0.229. The highest BCUT2D eigenvalue weighted by molar-refractivity contribution is 5.96. The van der Waals surface area contributed by atoms with E-state index in [0.717, 1.165) is 18.6 Å². The maximum absolute atomic E-state index is 11.0. The van der Waals surface area contributed by atoms with Crippen LogP contribution in [0.15, 0.2) is 4.99 Å². The summed E-state index contributed by atoms with van der Waals surface area (Å²) < 4.78 is 0. The second-order valence-electron chi connectivity index (χ2n) is 4.09. The number of nitrogens with one attached hydrogen (secondary N) is 1. The molecule has 0 radical (unpaired) electrons. The molecule has 78 valence electrons. The van der Waals surface area contributed by atoms with E-state index in [1.165, 1.54) is 12.8 Å². The third-order valence-electron chi connectivity index (χ3n) is 3.31. The molecule has 14 heavy (non-hydrogen) atoms. The minimum Gasteiger partial charge on any atom is -0.300 e. The maximum atomic E-state index is 11.0. The van der Waals surface area contributed by atoms with Crippen molar-refractivity contribution in [3.63, 3.8) is 0 Å². The predicted molar refractivity (Wildman–Crippen MR) is 54.0 cm³/mol. The van der Waals surface area contributed by atoms with Crippen LogP contribution in [0.25, 0.3) is 0 Å². The van der Waals surface area contributed by atoms with Gasteiger partial charge in [0.05, 0.1) is 0 Å². The number of rotatable bonds is 0. The van der Waals surface area contributed by atoms with Crippen molar-refractivity contribution in [1.29, 1.82) is 0 Å². The molecule has 0 aromatic carbocycles. The van der Waals surface area contributed by atoms with Gasteiger partial charge in [-0.1, -0.05) is 0 Å². The SMILES string of the molecule is CN1C2CCC1CC(=NC(=O)NN)C2. The summed E-state index contributed by atoms with van der Waals surface area (Å²) in [5, 5.41) is 0. The van der Waals surface area contributed by atoms with Crippen LogP contribution in [0, 0.1) is 0 Å². The van der Waals surface area contributed by atoms with Crippen molar-refractivity contribution in [2.24, 2.45) is 10.8 Å². The van der Waals surface area contributed by atoms with Gasteiger partial charge in [0.25, 0.3) is 0 Å². The number of amides is 2. The Morgan fingerprint density at radius 1 is 1.50 bits per heavy atom. The van der Waals surface area contributed by atoms with Crippen LogP contribution < -0.4 is 11.3 Å². The highest BCUT2D eigenvalue weighted by Gasteiger charge is 2.36. The molecule has 0 aromatic rings. The van der Waals surface area contributed by atoms with E-state index in [-0.39, 0.29) is 0 Å². The van der Waals surface area contributed by atoms with Crippen LogP contribution in [-0.4, -0.2) is 35.8 Å². The molecule has 2 bridgehead atoms. The first-order valence-electron chi connectivity index (χ1n) is 4.99. The Morgan fingerprint density at radius 2 is 2.07 bits per heavy atom. The number of hydrogen-bond donors (Lipinski definition) is 2. The first kappa shape index (κ1) is 9.61. The number of urea groups is 1. The van der Waals surface area contributed by atoms with Crippen molar-refractivity contribution in [2.75, 3.05) is 7.05 Å². The predicted octanol–water partition coefficient (Wildman–Crippen LogP) is 0.267. The molecule has 2 saturated heterocycles. The van der Waals surface area contributed by atoms with E-state index in [2.05, 4.69) is 16.9 Å². The van der Waals surface area contributed by atoms with Gasteiger partial charge in [-0.3, -0.25) is 10.3 Å². The Balaban J connectivity index is 2.06. The largest absolute Gasteiger partial charge is 0.354 e. The average Bonchev–Trinajstić information content (AvgIpc) is 2.42. The van der Waals surface area contributed by atoms with Crippen LogP contribution in [0.5, 0.6) is 0 Å². The van der Waals surface area contributed by atoms with E-state index in [1.54, 1.807) is 0 Å². The average molecular weight is 196 g/mol. The number of nitrogens with zero attached hydrogens (tertiary/aromatic N) is 2. The summed E-state index contributed by atoms with van der Waals surface area (Å²) in [6.45, 7) is 0. The zero-order valence-corrected chi connectivity index (χ0v) is 8.36. The summed E-state index contributed by atoms with van der Waals surface area (Å²) in [5.74, 6) is 4.98. The third kappa shape index (κ3) is 1.65. The Kier molecular flexibility index (Phi) is 2.52. The van der Waals surface area contributed by atoms with E-state index < -0.39 is 6.03 Å². The highest BCUT2D eigenvalue weighted by Crippen LogP contribution is 2.32. The van der Waals surface area contributed by atoms with Crippen molar-refractivity contribution in [2.45, 2.75) is 37.8 Å². The Hall–Kier alpha value is -0.940. The van der Waals surface area contributed by atoms with E-state index >= 15 is 0 Å². The normalized spacial score (nSPS) is 31.7. The van der Waals surface area contributed by atoms with Gasteiger partial charge in [0, 0.05) is 30.6 Å². The van der Waals surface area contributed by atoms with Crippen LogP contribution in [0.4, 0.5) is 4.79 Å². The van der Waals surface area contributed by atoms with Crippen molar-refractivity contribution in [3.8, 4) is 0 Å². The summed E-state index contributed by atoms with van der Waals surface area (Å²) in [6, 6.07) is 0.736. The van der Waals surface area contributed by atoms with Crippen LogP contribution in [0.2, 0.25) is 0 Å². The van der Waals surface area contributed by atoms with Gasteiger partial charge in [0.1, 0.15) is 0 Å². The molecule has 2 amide bonds. The molecule has 3 N–H and O–H groups in total. The lowest BCUT2D eigenvalue weighted by Gasteiger charge is -2.31. The van der Waals surface area contributed by atoms with Gasteiger partial charge in [-0.05, 0) is 19.9 Å². The van der Waals surface area contributed by atoms with Crippen LogP contribution in [0.1, 0.15) is 25.7 Å². The van der Waals surface area contributed by atoms with Crippen molar-refractivity contribution >= 4 is 11.7 Å². The monoisotopic (exact) mass is 196 g/mol. The van der Waals surface area contributed by atoms with Crippen molar-refractivity contribution < 1.29 is 4.79 Å². The van der Waals surface area contributed by atoms with E-state index in [9.17, 15) is 4.79 Å². The Labute approximate surface area is 83.3 Å². The van der Waals surface area contributed by atoms with Gasteiger partial charge in [0.2, 0.25) is 0 Å². The maximum Gasteiger partial charge on any atom is 0.354 e. The zero-order chi connectivity index (χ0) is 10.1. The number of fused-ring (bicyclic) bond motifs is 2. The fraction of sp³-hybridized carbons (Fsp3) is 0.778. The second kappa shape index (κ2) is 3.67. The number of hydrogen-bond acceptors (Lipinski definition) is 3. The molecule has 0 aliphatic carbocycles. The molecule has 2 heterocycles. The number of hydrazine groups is 1. The lowest BCUT2D eigenvalue weighted by atomic mass is 10.0. The van der Waals surface area contributed by atoms with Crippen molar-refractivity contribution in [3.05, 3.63) is 0 Å². The highest BCUT2D eigenvalue weighted by atomic mass is 16.2. The van der Waals surface area contributed by atoms with Crippen LogP contribution in [0.3, 0.4) is 0 Å². The van der Waals surface area contributed by atoms with Crippen molar-refractivity contribution in [1.82, 2.24) is 10.3 Å². The zero-order valence-electron chi connectivity index (χ0n) is 8.36. The molecule has 2 aliphatic heterocycles. The molecule has 2 aliphatic rings. The molecule has 5 nitrogen and oxygen atoms in total. The van der Waals surface area contributed by atoms with Gasteiger partial charge >= 0.3 is 6.03 Å². The van der Waals surface area contributed by atoms with Gasteiger partial charge in [-0.2, -0.15) is 0 Å².